The summed E-state index contributed by atoms with van der Waals surface area (Å²) in [6.45, 7) is 3.93. The zero-order valence-electron chi connectivity index (χ0n) is 20.7. The van der Waals surface area contributed by atoms with Gasteiger partial charge in [-0.05, 0) is 59.5 Å². The number of amides is 2. The molecule has 37 heavy (non-hydrogen) atoms. The summed E-state index contributed by atoms with van der Waals surface area (Å²) in [7, 11) is 0. The maximum atomic E-state index is 12.9. The molecule has 0 bridgehead atoms. The number of fused-ring (bicyclic) bond motifs is 1. The normalized spacial score (nSPS) is 13.3. The standard InChI is InChI=1S/C31H29N3O3/c1-21(22-7-3-2-4-8-22)33-31(36)25-15-16-28-29(19-25)37-18-17-34(28)20-26-9-5-6-10-27(26)23-11-13-24(14-12-23)30(32)35/h2-16,19,21H,17-18,20H2,1H3,(H2,32,35)(H,33,36)/t21-/m0/s1. The van der Waals surface area contributed by atoms with Crippen molar-refractivity contribution in [3.63, 3.8) is 0 Å². The number of nitrogens with zero attached hydrogens (tertiary/aromatic N) is 1. The average Bonchev–Trinajstić information content (AvgIpc) is 2.93. The Morgan fingerprint density at radius 2 is 1.62 bits per heavy atom. The molecule has 1 atom stereocenters. The van der Waals surface area contributed by atoms with E-state index in [4.69, 9.17) is 10.5 Å². The van der Waals surface area contributed by atoms with Gasteiger partial charge in [-0.25, -0.2) is 0 Å². The number of ether oxygens (including phenoxy) is 1. The van der Waals surface area contributed by atoms with Crippen molar-refractivity contribution in [1.29, 1.82) is 0 Å². The average molecular weight is 492 g/mol. The van der Waals surface area contributed by atoms with Crippen LogP contribution < -0.4 is 20.7 Å². The van der Waals surface area contributed by atoms with Gasteiger partial charge in [-0.2, -0.15) is 0 Å². The summed E-state index contributed by atoms with van der Waals surface area (Å²) >= 11 is 0. The lowest BCUT2D eigenvalue weighted by molar-refractivity contribution is 0.0938. The van der Waals surface area contributed by atoms with Gasteiger partial charge in [0.15, 0.2) is 0 Å². The van der Waals surface area contributed by atoms with Gasteiger partial charge in [0.2, 0.25) is 5.91 Å². The van der Waals surface area contributed by atoms with Gasteiger partial charge in [0.1, 0.15) is 12.4 Å². The van der Waals surface area contributed by atoms with Gasteiger partial charge in [0.25, 0.3) is 5.91 Å². The van der Waals surface area contributed by atoms with Crippen molar-refractivity contribution in [2.45, 2.75) is 19.5 Å². The lowest BCUT2D eigenvalue weighted by Crippen LogP contribution is -2.33. The van der Waals surface area contributed by atoms with Crippen LogP contribution in [0.15, 0.2) is 97.1 Å². The minimum Gasteiger partial charge on any atom is -0.490 e. The van der Waals surface area contributed by atoms with E-state index in [0.29, 0.717) is 30.0 Å². The van der Waals surface area contributed by atoms with E-state index in [1.54, 1.807) is 12.1 Å². The molecule has 0 aliphatic carbocycles. The quantitative estimate of drug-likeness (QED) is 0.365. The van der Waals surface area contributed by atoms with Gasteiger partial charge in [0.05, 0.1) is 18.3 Å². The van der Waals surface area contributed by atoms with E-state index in [-0.39, 0.29) is 11.9 Å². The number of carbonyl (C=O) groups is 2. The fourth-order valence-electron chi connectivity index (χ4n) is 4.65. The highest BCUT2D eigenvalue weighted by Gasteiger charge is 2.22. The van der Waals surface area contributed by atoms with E-state index >= 15 is 0 Å². The van der Waals surface area contributed by atoms with Gasteiger partial charge >= 0.3 is 0 Å². The second-order valence-corrected chi connectivity index (χ2v) is 9.16. The molecule has 0 radical (unpaired) electrons. The van der Waals surface area contributed by atoms with Crippen molar-refractivity contribution in [3.8, 4) is 16.9 Å². The van der Waals surface area contributed by atoms with Crippen LogP contribution in [0.2, 0.25) is 0 Å². The number of rotatable bonds is 7. The molecule has 4 aromatic carbocycles. The Kier molecular flexibility index (Phi) is 6.90. The smallest absolute Gasteiger partial charge is 0.251 e. The first-order valence-corrected chi connectivity index (χ1v) is 12.4. The third-order valence-corrected chi connectivity index (χ3v) is 6.69. The van der Waals surface area contributed by atoms with E-state index in [1.807, 2.05) is 79.7 Å². The predicted octanol–water partition coefficient (Wildman–Crippen LogP) is 5.34. The van der Waals surface area contributed by atoms with E-state index in [9.17, 15) is 9.59 Å². The summed E-state index contributed by atoms with van der Waals surface area (Å²) in [5.41, 5.74) is 11.7. The highest BCUT2D eigenvalue weighted by molar-refractivity contribution is 5.95. The molecule has 3 N–H and O–H groups in total. The summed E-state index contributed by atoms with van der Waals surface area (Å²) in [5.74, 6) is 0.131. The first-order valence-electron chi connectivity index (χ1n) is 12.4. The number of nitrogens with one attached hydrogen (secondary N) is 1. The molecule has 186 valence electrons. The van der Waals surface area contributed by atoms with Crippen molar-refractivity contribution in [2.75, 3.05) is 18.1 Å². The fourth-order valence-corrected chi connectivity index (χ4v) is 4.65. The highest BCUT2D eigenvalue weighted by atomic mass is 16.5. The Labute approximate surface area is 216 Å². The summed E-state index contributed by atoms with van der Waals surface area (Å²) in [5, 5.41) is 3.07. The maximum absolute atomic E-state index is 12.9. The fraction of sp³-hybridized carbons (Fsp3) is 0.161. The zero-order chi connectivity index (χ0) is 25.8. The first kappa shape index (κ1) is 24.1. The summed E-state index contributed by atoms with van der Waals surface area (Å²) in [6.07, 6.45) is 0. The molecule has 1 aliphatic rings. The molecule has 0 saturated heterocycles. The topological polar surface area (TPSA) is 84.7 Å². The second-order valence-electron chi connectivity index (χ2n) is 9.16. The molecule has 4 aromatic rings. The molecule has 1 heterocycles. The van der Waals surface area contributed by atoms with Gasteiger partial charge in [-0.15, -0.1) is 0 Å². The highest BCUT2D eigenvalue weighted by Crippen LogP contribution is 2.35. The lowest BCUT2D eigenvalue weighted by Gasteiger charge is -2.32. The van der Waals surface area contributed by atoms with Crippen molar-refractivity contribution in [2.24, 2.45) is 5.73 Å². The van der Waals surface area contributed by atoms with Crippen LogP contribution in [0.25, 0.3) is 11.1 Å². The largest absolute Gasteiger partial charge is 0.490 e. The lowest BCUT2D eigenvalue weighted by atomic mass is 9.98. The SMILES string of the molecule is C[C@H](NC(=O)c1ccc2c(c1)OCCN2Cc1ccccc1-c1ccc(C(N)=O)cc1)c1ccccc1. The van der Waals surface area contributed by atoms with Crippen LogP contribution in [-0.2, 0) is 6.54 Å². The molecule has 0 aromatic heterocycles. The van der Waals surface area contributed by atoms with Crippen LogP contribution in [0.1, 0.15) is 44.8 Å². The Morgan fingerprint density at radius 3 is 2.38 bits per heavy atom. The maximum Gasteiger partial charge on any atom is 0.251 e. The molecule has 0 fully saturated rings. The number of primary amides is 1. The number of carbonyl (C=O) groups excluding carboxylic acids is 2. The summed E-state index contributed by atoms with van der Waals surface area (Å²) < 4.78 is 5.96. The third-order valence-electron chi connectivity index (χ3n) is 6.69. The number of hydrogen-bond donors (Lipinski definition) is 2. The molecule has 6 nitrogen and oxygen atoms in total. The molecule has 1 aliphatic heterocycles. The minimum atomic E-state index is -0.438. The molecule has 0 saturated carbocycles. The van der Waals surface area contributed by atoms with E-state index < -0.39 is 5.91 Å². The molecule has 0 unspecified atom stereocenters. The molecular formula is C31H29N3O3. The van der Waals surface area contributed by atoms with Crippen LogP contribution >= 0.6 is 0 Å². The van der Waals surface area contributed by atoms with Gasteiger partial charge in [0, 0.05) is 17.7 Å². The van der Waals surface area contributed by atoms with Gasteiger partial charge in [-0.1, -0.05) is 66.7 Å². The Bertz CT molecular complexity index is 1420. The summed E-state index contributed by atoms with van der Waals surface area (Å²) in [6, 6.07) is 31.0. The zero-order valence-corrected chi connectivity index (χ0v) is 20.7. The first-order chi connectivity index (χ1) is 18.0. The van der Waals surface area contributed by atoms with Gasteiger partial charge < -0.3 is 20.7 Å². The number of hydrogen-bond acceptors (Lipinski definition) is 4. The van der Waals surface area contributed by atoms with Crippen LogP contribution in [-0.4, -0.2) is 25.0 Å². The number of nitrogens with two attached hydrogens (primary N) is 1. The third kappa shape index (κ3) is 5.33. The molecule has 0 spiro atoms. The Hall–Kier alpha value is -4.58. The van der Waals surface area contributed by atoms with Crippen LogP contribution in [0, 0.1) is 0 Å². The van der Waals surface area contributed by atoms with Crippen LogP contribution in [0.5, 0.6) is 5.75 Å². The van der Waals surface area contributed by atoms with Crippen molar-refractivity contribution in [1.82, 2.24) is 5.32 Å². The van der Waals surface area contributed by atoms with Crippen molar-refractivity contribution >= 4 is 17.5 Å². The van der Waals surface area contributed by atoms with E-state index in [2.05, 4.69) is 22.3 Å². The monoisotopic (exact) mass is 491 g/mol. The summed E-state index contributed by atoms with van der Waals surface area (Å²) in [4.78, 5) is 26.7. The molecular weight excluding hydrogens is 462 g/mol. The molecule has 2 amide bonds. The Morgan fingerprint density at radius 1 is 0.919 bits per heavy atom. The minimum absolute atomic E-state index is 0.101. The van der Waals surface area contributed by atoms with Gasteiger partial charge in [-0.3, -0.25) is 9.59 Å². The molecule has 5 rings (SSSR count). The van der Waals surface area contributed by atoms with Crippen molar-refractivity contribution in [3.05, 3.63) is 119 Å². The number of anilines is 1. The second kappa shape index (κ2) is 10.6. The number of benzene rings is 4. The van der Waals surface area contributed by atoms with E-state index in [1.165, 1.54) is 0 Å². The van der Waals surface area contributed by atoms with E-state index in [0.717, 1.165) is 34.5 Å². The van der Waals surface area contributed by atoms with Crippen LogP contribution in [0.3, 0.4) is 0 Å². The predicted molar refractivity (Wildman–Crippen MR) is 146 cm³/mol. The Balaban J connectivity index is 1.35. The van der Waals surface area contributed by atoms with Crippen molar-refractivity contribution < 1.29 is 14.3 Å². The molecule has 6 heteroatoms. The van der Waals surface area contributed by atoms with Crippen LogP contribution in [0.4, 0.5) is 5.69 Å².